The highest BCUT2D eigenvalue weighted by molar-refractivity contribution is 6.00. The second-order valence-corrected chi connectivity index (χ2v) is 6.57. The molecule has 0 heterocycles. The van der Waals surface area contributed by atoms with Gasteiger partial charge in [0, 0.05) is 23.0 Å². The molecule has 1 saturated carbocycles. The lowest BCUT2D eigenvalue weighted by Crippen LogP contribution is -2.32. The SMILES string of the molecule is CCOc1ccc(NC(=O)Nc2ccc(C(=O)NC3CCCC3)cc2)cc1. The van der Waals surface area contributed by atoms with Crippen LogP contribution < -0.4 is 20.7 Å². The third-order valence-corrected chi connectivity index (χ3v) is 4.52. The first-order valence-electron chi connectivity index (χ1n) is 9.36. The Balaban J connectivity index is 1.51. The summed E-state index contributed by atoms with van der Waals surface area (Å²) in [6, 6.07) is 14.0. The molecule has 0 atom stereocenters. The van der Waals surface area contributed by atoms with Crippen LogP contribution in [-0.4, -0.2) is 24.6 Å². The molecule has 3 amide bonds. The van der Waals surface area contributed by atoms with Crippen molar-refractivity contribution in [1.29, 1.82) is 0 Å². The van der Waals surface area contributed by atoms with Crippen LogP contribution in [-0.2, 0) is 0 Å². The molecule has 0 unspecified atom stereocenters. The van der Waals surface area contributed by atoms with E-state index in [1.54, 1.807) is 48.5 Å². The van der Waals surface area contributed by atoms with Gasteiger partial charge in [-0.05, 0) is 68.3 Å². The summed E-state index contributed by atoms with van der Waals surface area (Å²) < 4.78 is 5.37. The zero-order chi connectivity index (χ0) is 19.1. The Bertz CT molecular complexity index is 766. The highest BCUT2D eigenvalue weighted by Gasteiger charge is 2.17. The van der Waals surface area contributed by atoms with E-state index in [2.05, 4.69) is 16.0 Å². The van der Waals surface area contributed by atoms with Gasteiger partial charge in [0.2, 0.25) is 0 Å². The van der Waals surface area contributed by atoms with Crippen molar-refractivity contribution in [1.82, 2.24) is 5.32 Å². The summed E-state index contributed by atoms with van der Waals surface area (Å²) in [6.07, 6.45) is 4.46. The number of hydrogen-bond acceptors (Lipinski definition) is 3. The van der Waals surface area contributed by atoms with Gasteiger partial charge in [0.05, 0.1) is 6.61 Å². The van der Waals surface area contributed by atoms with E-state index in [9.17, 15) is 9.59 Å². The molecule has 1 fully saturated rings. The zero-order valence-electron chi connectivity index (χ0n) is 15.5. The Hall–Kier alpha value is -3.02. The van der Waals surface area contributed by atoms with Crippen LogP contribution in [0.3, 0.4) is 0 Å². The van der Waals surface area contributed by atoms with Crippen LogP contribution >= 0.6 is 0 Å². The molecule has 1 aliphatic carbocycles. The van der Waals surface area contributed by atoms with Gasteiger partial charge < -0.3 is 20.7 Å². The van der Waals surface area contributed by atoms with Gasteiger partial charge in [0.15, 0.2) is 0 Å². The van der Waals surface area contributed by atoms with Crippen LogP contribution in [0.4, 0.5) is 16.2 Å². The second-order valence-electron chi connectivity index (χ2n) is 6.57. The topological polar surface area (TPSA) is 79.5 Å². The molecule has 3 N–H and O–H groups in total. The summed E-state index contributed by atoms with van der Waals surface area (Å²) in [5.74, 6) is 0.696. The van der Waals surface area contributed by atoms with E-state index in [1.165, 1.54) is 12.8 Å². The fourth-order valence-electron chi connectivity index (χ4n) is 3.14. The van der Waals surface area contributed by atoms with Gasteiger partial charge >= 0.3 is 6.03 Å². The molecule has 3 rings (SSSR count). The first kappa shape index (κ1) is 18.8. The number of amides is 3. The van der Waals surface area contributed by atoms with Crippen molar-refractivity contribution in [2.24, 2.45) is 0 Å². The van der Waals surface area contributed by atoms with Crippen LogP contribution in [0.15, 0.2) is 48.5 Å². The van der Waals surface area contributed by atoms with E-state index in [-0.39, 0.29) is 18.0 Å². The molecule has 27 heavy (non-hydrogen) atoms. The molecule has 0 aliphatic heterocycles. The van der Waals surface area contributed by atoms with Crippen molar-refractivity contribution < 1.29 is 14.3 Å². The molecule has 2 aromatic rings. The van der Waals surface area contributed by atoms with Gasteiger partial charge in [-0.1, -0.05) is 12.8 Å². The third-order valence-electron chi connectivity index (χ3n) is 4.52. The average molecular weight is 367 g/mol. The Morgan fingerprint density at radius 1 is 0.926 bits per heavy atom. The number of carbonyl (C=O) groups is 2. The molecule has 6 nitrogen and oxygen atoms in total. The van der Waals surface area contributed by atoms with Crippen LogP contribution in [0.5, 0.6) is 5.75 Å². The summed E-state index contributed by atoms with van der Waals surface area (Å²) in [5, 5.41) is 8.57. The van der Waals surface area contributed by atoms with E-state index >= 15 is 0 Å². The first-order chi connectivity index (χ1) is 13.1. The van der Waals surface area contributed by atoms with Gasteiger partial charge in [-0.2, -0.15) is 0 Å². The Morgan fingerprint density at radius 2 is 1.48 bits per heavy atom. The minimum atomic E-state index is -0.345. The number of rotatable bonds is 6. The van der Waals surface area contributed by atoms with Crippen LogP contribution in [0, 0.1) is 0 Å². The Kier molecular flexibility index (Phi) is 6.30. The molecule has 142 valence electrons. The molecular formula is C21H25N3O3. The minimum Gasteiger partial charge on any atom is -0.494 e. The molecular weight excluding hydrogens is 342 g/mol. The van der Waals surface area contributed by atoms with E-state index in [1.807, 2.05) is 6.92 Å². The van der Waals surface area contributed by atoms with Crippen LogP contribution in [0.2, 0.25) is 0 Å². The molecule has 0 saturated heterocycles. The van der Waals surface area contributed by atoms with Gasteiger partial charge in [-0.3, -0.25) is 4.79 Å². The summed E-state index contributed by atoms with van der Waals surface area (Å²) in [7, 11) is 0. The number of nitrogens with one attached hydrogen (secondary N) is 3. The minimum absolute atomic E-state index is 0.0627. The van der Waals surface area contributed by atoms with Crippen LogP contribution in [0.25, 0.3) is 0 Å². The lowest BCUT2D eigenvalue weighted by molar-refractivity contribution is 0.0938. The lowest BCUT2D eigenvalue weighted by Gasteiger charge is -2.12. The zero-order valence-corrected chi connectivity index (χ0v) is 15.5. The maximum Gasteiger partial charge on any atom is 0.323 e. The Morgan fingerprint density at radius 3 is 2.04 bits per heavy atom. The van der Waals surface area contributed by atoms with E-state index < -0.39 is 0 Å². The van der Waals surface area contributed by atoms with Crippen molar-refractivity contribution in [2.45, 2.75) is 38.6 Å². The van der Waals surface area contributed by atoms with Crippen molar-refractivity contribution >= 4 is 23.3 Å². The van der Waals surface area contributed by atoms with Crippen molar-refractivity contribution in [3.8, 4) is 5.75 Å². The number of ether oxygens (including phenoxy) is 1. The summed E-state index contributed by atoms with van der Waals surface area (Å²) >= 11 is 0. The summed E-state index contributed by atoms with van der Waals surface area (Å²) in [5.41, 5.74) is 1.89. The molecule has 6 heteroatoms. The van der Waals surface area contributed by atoms with Gasteiger partial charge in [-0.15, -0.1) is 0 Å². The first-order valence-corrected chi connectivity index (χ1v) is 9.36. The number of carbonyl (C=O) groups excluding carboxylic acids is 2. The largest absolute Gasteiger partial charge is 0.494 e. The fraction of sp³-hybridized carbons (Fsp3) is 0.333. The smallest absolute Gasteiger partial charge is 0.323 e. The monoisotopic (exact) mass is 367 g/mol. The maximum absolute atomic E-state index is 12.2. The lowest BCUT2D eigenvalue weighted by atomic mass is 10.1. The fourth-order valence-corrected chi connectivity index (χ4v) is 3.14. The number of hydrogen-bond donors (Lipinski definition) is 3. The summed E-state index contributed by atoms with van der Waals surface area (Å²) in [6.45, 7) is 2.52. The molecule has 0 aromatic heterocycles. The van der Waals surface area contributed by atoms with Crippen molar-refractivity contribution in [2.75, 3.05) is 17.2 Å². The van der Waals surface area contributed by atoms with Crippen molar-refractivity contribution in [3.63, 3.8) is 0 Å². The highest BCUT2D eigenvalue weighted by Crippen LogP contribution is 2.19. The van der Waals surface area contributed by atoms with E-state index in [0.29, 0.717) is 23.5 Å². The van der Waals surface area contributed by atoms with Crippen LogP contribution in [0.1, 0.15) is 43.0 Å². The standard InChI is InChI=1S/C21H25N3O3/c1-2-27-19-13-11-18(12-14-19)24-21(26)23-17-9-7-15(8-10-17)20(25)22-16-5-3-4-6-16/h7-14,16H,2-6H2,1H3,(H,22,25)(H2,23,24,26). The molecule has 2 aromatic carbocycles. The highest BCUT2D eigenvalue weighted by atomic mass is 16.5. The molecule has 0 spiro atoms. The van der Waals surface area contributed by atoms with E-state index in [0.717, 1.165) is 18.6 Å². The van der Waals surface area contributed by atoms with Gasteiger partial charge in [0.1, 0.15) is 5.75 Å². The second kappa shape index (κ2) is 9.07. The average Bonchev–Trinajstić information content (AvgIpc) is 3.17. The van der Waals surface area contributed by atoms with Crippen molar-refractivity contribution in [3.05, 3.63) is 54.1 Å². The molecule has 0 bridgehead atoms. The number of benzene rings is 2. The van der Waals surface area contributed by atoms with E-state index in [4.69, 9.17) is 4.74 Å². The molecule has 1 aliphatic rings. The third kappa shape index (κ3) is 5.48. The maximum atomic E-state index is 12.2. The predicted octanol–water partition coefficient (Wildman–Crippen LogP) is 4.40. The predicted molar refractivity (Wildman–Crippen MR) is 106 cm³/mol. The molecule has 0 radical (unpaired) electrons. The van der Waals surface area contributed by atoms with Gasteiger partial charge in [0.25, 0.3) is 5.91 Å². The summed E-state index contributed by atoms with van der Waals surface area (Å²) in [4.78, 5) is 24.3. The Labute approximate surface area is 159 Å². The number of urea groups is 1. The van der Waals surface area contributed by atoms with Gasteiger partial charge in [-0.25, -0.2) is 4.79 Å². The normalized spacial score (nSPS) is 13.8. The number of anilines is 2. The quantitative estimate of drug-likeness (QED) is 0.708.